The Bertz CT molecular complexity index is 2520. The molecule has 1 saturated heterocycles. The number of nitrogens with zero attached hydrogens (tertiary/aromatic N) is 8. The Morgan fingerprint density at radius 2 is 1.53 bits per heavy atom. The fourth-order valence-corrected chi connectivity index (χ4v) is 7.97. The van der Waals surface area contributed by atoms with Crippen molar-refractivity contribution in [2.75, 3.05) is 74.7 Å². The molecule has 62 heavy (non-hydrogen) atoms. The molecule has 0 saturated carbocycles. The molecular formula is C43H52N12O7. The average Bonchev–Trinajstić information content (AvgIpc) is 4.04. The van der Waals surface area contributed by atoms with Gasteiger partial charge in [0.1, 0.15) is 40.4 Å². The minimum Gasteiger partial charge on any atom is -0.491 e. The first-order chi connectivity index (χ1) is 30.1. The van der Waals surface area contributed by atoms with Crippen LogP contribution in [0.5, 0.6) is 11.5 Å². The zero-order chi connectivity index (χ0) is 43.3. The van der Waals surface area contributed by atoms with Crippen LogP contribution < -0.4 is 35.6 Å². The quantitative estimate of drug-likeness (QED) is 0.111. The summed E-state index contributed by atoms with van der Waals surface area (Å²) in [6.07, 6.45) is 4.29. The molecule has 1 unspecified atom stereocenters. The van der Waals surface area contributed by atoms with Crippen LogP contribution in [0.1, 0.15) is 73.3 Å². The molecule has 8 rings (SSSR count). The third kappa shape index (κ3) is 8.85. The molecule has 3 aliphatic heterocycles. The van der Waals surface area contributed by atoms with Gasteiger partial charge in [0.25, 0.3) is 17.7 Å². The predicted molar refractivity (Wildman–Crippen MR) is 231 cm³/mol. The number of rotatable bonds is 11. The highest BCUT2D eigenvalue weighted by atomic mass is 16.5. The number of hydrogen-bond donors (Lipinski definition) is 4. The number of benzene rings is 2. The number of ether oxygens (including phenoxy) is 3. The molecule has 19 nitrogen and oxygen atoms in total. The molecule has 0 spiro atoms. The normalized spacial score (nSPS) is 17.2. The second-order valence-electron chi connectivity index (χ2n) is 15.3. The van der Waals surface area contributed by atoms with Crippen LogP contribution in [0.15, 0.2) is 48.6 Å². The standard InChI is InChI=1S/C43H52N12O7/c1-5-54-33(20-27(3)49-54)40(58)47-42-45-31-22-29(26-56)23-35-37(31)52(42)11-7-8-12-53-38-32(46-43(53)48-41(59)34-21-28(4)50-55(34)6-2)24-30(25-36(38)62-17-9-16-61-35)39(57)44-10-13-51-14-18-60-19-15-51/h7-8,20-26,43,46H,5-6,9-19H2,1-4H3,(H,44,57)(H,48,59)(H,45,47,58)/b8-7+. The summed E-state index contributed by atoms with van der Waals surface area (Å²) in [5.41, 5.74) is 5.34. The molecule has 0 bridgehead atoms. The van der Waals surface area contributed by atoms with Crippen LogP contribution in [-0.2, 0) is 24.4 Å². The maximum absolute atomic E-state index is 13.9. The molecule has 19 heteroatoms. The van der Waals surface area contributed by atoms with Crippen LogP contribution in [0.3, 0.4) is 0 Å². The van der Waals surface area contributed by atoms with Crippen LogP contribution in [0.25, 0.3) is 11.0 Å². The first kappa shape index (κ1) is 42.0. The Morgan fingerprint density at radius 3 is 2.24 bits per heavy atom. The van der Waals surface area contributed by atoms with Gasteiger partial charge in [0.2, 0.25) is 5.95 Å². The number of hydrogen-bond acceptors (Lipinski definition) is 13. The third-order valence-electron chi connectivity index (χ3n) is 10.9. The summed E-state index contributed by atoms with van der Waals surface area (Å²) in [5.74, 6) is 0.168. The summed E-state index contributed by atoms with van der Waals surface area (Å²) in [4.78, 5) is 62.4. The number of allylic oxidation sites excluding steroid dienone is 1. The van der Waals surface area contributed by atoms with Gasteiger partial charge in [0.15, 0.2) is 6.29 Å². The number of aromatic nitrogens is 6. The van der Waals surface area contributed by atoms with E-state index in [0.717, 1.165) is 25.1 Å². The van der Waals surface area contributed by atoms with Crippen molar-refractivity contribution in [3.8, 4) is 11.5 Å². The average molecular weight is 849 g/mol. The molecule has 2 aromatic carbocycles. The van der Waals surface area contributed by atoms with E-state index < -0.39 is 6.29 Å². The fourth-order valence-electron chi connectivity index (χ4n) is 7.97. The van der Waals surface area contributed by atoms with Gasteiger partial charge < -0.3 is 39.6 Å². The SMILES string of the molecule is CCn1nc(C)cc1C(=O)Nc1nc2cc(C=O)cc3c2n1C/C=C/CN1c2c(cc(C(=O)NCCN4CCOCC4)cc2OCCCO3)NC1NC(=O)c1cc(C)nn1CC. The highest BCUT2D eigenvalue weighted by molar-refractivity contribution is 6.04. The lowest BCUT2D eigenvalue weighted by Crippen LogP contribution is -2.50. The van der Waals surface area contributed by atoms with Crippen molar-refractivity contribution in [1.29, 1.82) is 0 Å². The molecule has 3 aromatic heterocycles. The maximum Gasteiger partial charge on any atom is 0.276 e. The molecule has 1 fully saturated rings. The monoisotopic (exact) mass is 848 g/mol. The van der Waals surface area contributed by atoms with E-state index >= 15 is 0 Å². The zero-order valence-electron chi connectivity index (χ0n) is 35.4. The number of imidazole rings is 1. The number of carbonyl (C=O) groups excluding carboxylic acids is 4. The van der Waals surface area contributed by atoms with Crippen molar-refractivity contribution in [2.24, 2.45) is 0 Å². The van der Waals surface area contributed by atoms with Crippen LogP contribution in [0.4, 0.5) is 17.3 Å². The van der Waals surface area contributed by atoms with E-state index in [1.54, 1.807) is 45.8 Å². The van der Waals surface area contributed by atoms with E-state index in [9.17, 15) is 19.2 Å². The second kappa shape index (κ2) is 18.5. The number of amides is 3. The summed E-state index contributed by atoms with van der Waals surface area (Å²) >= 11 is 0. The van der Waals surface area contributed by atoms with Crippen LogP contribution in [-0.4, -0.2) is 123 Å². The van der Waals surface area contributed by atoms with E-state index in [4.69, 9.17) is 19.2 Å². The zero-order valence-corrected chi connectivity index (χ0v) is 35.4. The lowest BCUT2D eigenvalue weighted by Gasteiger charge is -2.27. The Hall–Kier alpha value is -6.73. The van der Waals surface area contributed by atoms with Crippen molar-refractivity contribution in [1.82, 2.24) is 44.6 Å². The van der Waals surface area contributed by atoms with Gasteiger partial charge in [-0.15, -0.1) is 0 Å². The Kier molecular flexibility index (Phi) is 12.5. The molecule has 326 valence electrons. The smallest absolute Gasteiger partial charge is 0.276 e. The van der Waals surface area contributed by atoms with Gasteiger partial charge in [-0.05, 0) is 64.1 Å². The maximum atomic E-state index is 13.9. The van der Waals surface area contributed by atoms with Gasteiger partial charge in [0, 0.05) is 69.9 Å². The number of carbonyl (C=O) groups is 4. The van der Waals surface area contributed by atoms with Crippen LogP contribution in [0.2, 0.25) is 0 Å². The molecule has 4 N–H and O–H groups in total. The summed E-state index contributed by atoms with van der Waals surface area (Å²) in [6.45, 7) is 13.6. The molecule has 3 aliphatic rings. The van der Waals surface area contributed by atoms with Crippen LogP contribution in [0, 0.1) is 13.8 Å². The number of aldehydes is 1. The highest BCUT2D eigenvalue weighted by Gasteiger charge is 2.34. The molecule has 6 heterocycles. The summed E-state index contributed by atoms with van der Waals surface area (Å²) in [7, 11) is 0. The summed E-state index contributed by atoms with van der Waals surface area (Å²) in [5, 5.41) is 21.5. The van der Waals surface area contributed by atoms with Gasteiger partial charge in [-0.3, -0.25) is 38.8 Å². The third-order valence-corrected chi connectivity index (χ3v) is 10.9. The number of anilines is 3. The van der Waals surface area contributed by atoms with E-state index in [-0.39, 0.29) is 43.4 Å². The second-order valence-corrected chi connectivity index (χ2v) is 15.3. The Morgan fingerprint density at radius 1 is 0.839 bits per heavy atom. The number of nitrogens with one attached hydrogen (secondary N) is 4. The van der Waals surface area contributed by atoms with E-state index in [1.165, 1.54) is 0 Å². The summed E-state index contributed by atoms with van der Waals surface area (Å²) in [6, 6.07) is 10.3. The molecule has 5 aromatic rings. The van der Waals surface area contributed by atoms with Crippen molar-refractivity contribution in [2.45, 2.75) is 60.0 Å². The number of aryl methyl sites for hydroxylation is 4. The minimum atomic E-state index is -0.743. The first-order valence-electron chi connectivity index (χ1n) is 21.0. The van der Waals surface area contributed by atoms with E-state index in [2.05, 4.69) is 36.4 Å². The van der Waals surface area contributed by atoms with E-state index in [1.807, 2.05) is 49.3 Å². The highest BCUT2D eigenvalue weighted by Crippen LogP contribution is 2.43. The van der Waals surface area contributed by atoms with Gasteiger partial charge in [0.05, 0.1) is 49.0 Å². The van der Waals surface area contributed by atoms with Crippen molar-refractivity contribution < 1.29 is 33.4 Å². The number of morpholine rings is 1. The van der Waals surface area contributed by atoms with Crippen molar-refractivity contribution in [3.63, 3.8) is 0 Å². The lowest BCUT2D eigenvalue weighted by atomic mass is 10.1. The topological polar surface area (TPSA) is 204 Å². The van der Waals surface area contributed by atoms with Crippen molar-refractivity contribution >= 4 is 52.4 Å². The van der Waals surface area contributed by atoms with Gasteiger partial charge in [-0.2, -0.15) is 10.2 Å². The van der Waals surface area contributed by atoms with Gasteiger partial charge in [-0.1, -0.05) is 12.2 Å². The Labute approximate surface area is 358 Å². The van der Waals surface area contributed by atoms with E-state index in [0.29, 0.717) is 114 Å². The molecular weight excluding hydrogens is 797 g/mol. The fraction of sp³-hybridized carbons (Fsp3) is 0.419. The van der Waals surface area contributed by atoms with Gasteiger partial charge >= 0.3 is 0 Å². The molecule has 0 aliphatic carbocycles. The van der Waals surface area contributed by atoms with Crippen molar-refractivity contribution in [3.05, 3.63) is 82.5 Å². The molecule has 3 amide bonds. The lowest BCUT2D eigenvalue weighted by molar-refractivity contribution is 0.0383. The van der Waals surface area contributed by atoms with Gasteiger partial charge in [-0.25, -0.2) is 4.98 Å². The Balaban J connectivity index is 1.13. The van der Waals surface area contributed by atoms with Crippen LogP contribution >= 0.6 is 0 Å². The largest absolute Gasteiger partial charge is 0.491 e. The first-order valence-corrected chi connectivity index (χ1v) is 21.0. The molecule has 0 radical (unpaired) electrons. The summed E-state index contributed by atoms with van der Waals surface area (Å²) < 4.78 is 23.4. The predicted octanol–water partition coefficient (Wildman–Crippen LogP) is 3.58. The molecule has 1 atom stereocenters. The minimum absolute atomic E-state index is 0.212.